The smallest absolute Gasteiger partial charge is 0.170 e. The highest BCUT2D eigenvalue weighted by atomic mass is 35.5. The van der Waals surface area contributed by atoms with Gasteiger partial charge in [0.25, 0.3) is 0 Å². The predicted molar refractivity (Wildman–Crippen MR) is 113 cm³/mol. The van der Waals surface area contributed by atoms with Gasteiger partial charge in [0.1, 0.15) is 11.5 Å². The van der Waals surface area contributed by atoms with E-state index in [9.17, 15) is 0 Å². The maximum absolute atomic E-state index is 6.30. The van der Waals surface area contributed by atoms with Gasteiger partial charge in [-0.1, -0.05) is 23.7 Å². The van der Waals surface area contributed by atoms with Gasteiger partial charge in [0.15, 0.2) is 11.5 Å². The van der Waals surface area contributed by atoms with Crippen LogP contribution in [-0.2, 0) is 6.42 Å². The summed E-state index contributed by atoms with van der Waals surface area (Å²) in [7, 11) is 3.31. The van der Waals surface area contributed by atoms with Crippen LogP contribution in [-0.4, -0.2) is 30.5 Å². The zero-order chi connectivity index (χ0) is 19.7. The van der Waals surface area contributed by atoms with Crippen molar-refractivity contribution in [3.05, 3.63) is 52.5 Å². The Morgan fingerprint density at radius 2 is 1.96 bits per heavy atom. The first-order valence-corrected chi connectivity index (χ1v) is 9.85. The van der Waals surface area contributed by atoms with E-state index in [0.717, 1.165) is 54.1 Å². The summed E-state index contributed by atoms with van der Waals surface area (Å²) in [5.41, 5.74) is 5.14. The Morgan fingerprint density at radius 3 is 2.75 bits per heavy atom. The first kappa shape index (κ1) is 18.7. The number of halogens is 1. The molecule has 3 aromatic rings. The summed E-state index contributed by atoms with van der Waals surface area (Å²) >= 11 is 6.30. The van der Waals surface area contributed by atoms with Crippen LogP contribution in [0, 0.1) is 6.92 Å². The van der Waals surface area contributed by atoms with Crippen LogP contribution >= 0.6 is 11.6 Å². The standard InChI is InChI=1S/C22H24ClN3O2/c1-14-10-11-15(23)13-18(14)26-22-17(7-4-5-12-24-22)20(25-26)16-8-6-9-19(27-2)21(16)28-3/h6,8-11,13,24H,4-5,7,12H2,1-3H3. The third-order valence-corrected chi connectivity index (χ3v) is 5.42. The molecule has 0 saturated carbocycles. The van der Waals surface area contributed by atoms with Crippen molar-refractivity contribution < 1.29 is 9.47 Å². The maximum Gasteiger partial charge on any atom is 0.170 e. The Balaban J connectivity index is 1.98. The van der Waals surface area contributed by atoms with E-state index in [0.29, 0.717) is 16.5 Å². The molecule has 0 spiro atoms. The first-order valence-electron chi connectivity index (χ1n) is 9.47. The summed E-state index contributed by atoms with van der Waals surface area (Å²) in [6, 6.07) is 11.8. The SMILES string of the molecule is COc1cccc(-c2nn(-c3cc(Cl)ccc3C)c3c2CCCCN3)c1OC. The molecule has 0 aliphatic carbocycles. The predicted octanol–water partition coefficient (Wildman–Crippen LogP) is 5.27. The van der Waals surface area contributed by atoms with E-state index < -0.39 is 0 Å². The monoisotopic (exact) mass is 397 g/mol. The molecule has 0 fully saturated rings. The number of benzene rings is 2. The van der Waals surface area contributed by atoms with Crippen molar-refractivity contribution in [3.63, 3.8) is 0 Å². The van der Waals surface area contributed by atoms with Gasteiger partial charge in [0.05, 0.1) is 19.9 Å². The molecule has 4 rings (SSSR count). The molecule has 2 heterocycles. The van der Waals surface area contributed by atoms with Crippen LogP contribution in [0.3, 0.4) is 0 Å². The zero-order valence-corrected chi connectivity index (χ0v) is 17.1. The van der Waals surface area contributed by atoms with Gasteiger partial charge in [-0.2, -0.15) is 5.10 Å². The molecule has 0 atom stereocenters. The lowest BCUT2D eigenvalue weighted by atomic mass is 10.0. The second-order valence-corrected chi connectivity index (χ2v) is 7.38. The molecule has 1 aliphatic rings. The largest absolute Gasteiger partial charge is 0.493 e. The number of hydrogen-bond donors (Lipinski definition) is 1. The number of anilines is 1. The number of nitrogens with zero attached hydrogens (tertiary/aromatic N) is 2. The molecule has 0 saturated heterocycles. The van der Waals surface area contributed by atoms with Crippen LogP contribution in [0.2, 0.25) is 5.02 Å². The molecular weight excluding hydrogens is 374 g/mol. The Labute approximate surface area is 170 Å². The lowest BCUT2D eigenvalue weighted by Crippen LogP contribution is -2.08. The summed E-state index contributed by atoms with van der Waals surface area (Å²) in [6.45, 7) is 3.00. The van der Waals surface area contributed by atoms with E-state index in [-0.39, 0.29) is 0 Å². The topological polar surface area (TPSA) is 48.3 Å². The number of aromatic nitrogens is 2. The molecule has 28 heavy (non-hydrogen) atoms. The van der Waals surface area contributed by atoms with Crippen LogP contribution in [0.1, 0.15) is 24.0 Å². The van der Waals surface area contributed by atoms with Crippen LogP contribution < -0.4 is 14.8 Å². The van der Waals surface area contributed by atoms with Crippen molar-refractivity contribution in [2.45, 2.75) is 26.2 Å². The average Bonchev–Trinajstić information content (AvgIpc) is 2.89. The average molecular weight is 398 g/mol. The first-order chi connectivity index (χ1) is 13.6. The molecule has 1 N–H and O–H groups in total. The number of ether oxygens (including phenoxy) is 2. The van der Waals surface area contributed by atoms with Gasteiger partial charge in [0, 0.05) is 22.7 Å². The second kappa shape index (κ2) is 7.76. The highest BCUT2D eigenvalue weighted by Crippen LogP contribution is 2.42. The fourth-order valence-corrected chi connectivity index (χ4v) is 3.94. The minimum atomic E-state index is 0.694. The molecule has 146 valence electrons. The molecule has 6 heteroatoms. The van der Waals surface area contributed by atoms with Gasteiger partial charge < -0.3 is 14.8 Å². The van der Waals surface area contributed by atoms with Crippen molar-refractivity contribution in [1.82, 2.24) is 9.78 Å². The Kier molecular flexibility index (Phi) is 5.18. The highest BCUT2D eigenvalue weighted by molar-refractivity contribution is 6.30. The van der Waals surface area contributed by atoms with Crippen LogP contribution in [0.25, 0.3) is 16.9 Å². The fourth-order valence-electron chi connectivity index (χ4n) is 3.78. The normalized spacial score (nSPS) is 13.4. The summed E-state index contributed by atoms with van der Waals surface area (Å²) in [5.74, 6) is 2.43. The number of fused-ring (bicyclic) bond motifs is 1. The highest BCUT2D eigenvalue weighted by Gasteiger charge is 2.25. The van der Waals surface area contributed by atoms with E-state index in [1.54, 1.807) is 14.2 Å². The molecule has 1 aliphatic heterocycles. The summed E-state index contributed by atoms with van der Waals surface area (Å²) < 4.78 is 13.2. The Hall–Kier alpha value is -2.66. The van der Waals surface area contributed by atoms with Gasteiger partial charge in [-0.15, -0.1) is 0 Å². The minimum Gasteiger partial charge on any atom is -0.493 e. The number of methoxy groups -OCH3 is 2. The van der Waals surface area contributed by atoms with E-state index in [1.807, 2.05) is 41.1 Å². The van der Waals surface area contributed by atoms with Crippen LogP contribution in [0.4, 0.5) is 5.82 Å². The quantitative estimate of drug-likeness (QED) is 0.651. The summed E-state index contributed by atoms with van der Waals surface area (Å²) in [5, 5.41) is 9.29. The van der Waals surface area contributed by atoms with Crippen LogP contribution in [0.5, 0.6) is 11.5 Å². The third-order valence-electron chi connectivity index (χ3n) is 5.19. The van der Waals surface area contributed by atoms with Gasteiger partial charge in [-0.25, -0.2) is 4.68 Å². The maximum atomic E-state index is 6.30. The van der Waals surface area contributed by atoms with Crippen LogP contribution in [0.15, 0.2) is 36.4 Å². The van der Waals surface area contributed by atoms with Crippen molar-refractivity contribution in [2.75, 3.05) is 26.1 Å². The number of nitrogens with one attached hydrogen (secondary N) is 1. The van der Waals surface area contributed by atoms with E-state index in [2.05, 4.69) is 12.2 Å². The van der Waals surface area contributed by atoms with Crippen molar-refractivity contribution >= 4 is 17.4 Å². The molecule has 0 amide bonds. The molecule has 0 radical (unpaired) electrons. The molecule has 0 unspecified atom stereocenters. The second-order valence-electron chi connectivity index (χ2n) is 6.94. The number of aryl methyl sites for hydroxylation is 1. The molecule has 2 aromatic carbocycles. The lowest BCUT2D eigenvalue weighted by molar-refractivity contribution is 0.356. The third kappa shape index (κ3) is 3.20. The Bertz CT molecular complexity index is 1010. The minimum absolute atomic E-state index is 0.694. The van der Waals surface area contributed by atoms with Gasteiger partial charge in [-0.3, -0.25) is 0 Å². The summed E-state index contributed by atoms with van der Waals surface area (Å²) in [4.78, 5) is 0. The van der Waals surface area contributed by atoms with E-state index in [1.165, 1.54) is 5.56 Å². The Morgan fingerprint density at radius 1 is 1.11 bits per heavy atom. The number of rotatable bonds is 4. The molecule has 5 nitrogen and oxygen atoms in total. The number of hydrogen-bond acceptors (Lipinski definition) is 4. The fraction of sp³-hybridized carbons (Fsp3) is 0.318. The van der Waals surface area contributed by atoms with Crippen molar-refractivity contribution in [3.8, 4) is 28.4 Å². The van der Waals surface area contributed by atoms with Crippen molar-refractivity contribution in [2.24, 2.45) is 0 Å². The molecule has 0 bridgehead atoms. The van der Waals surface area contributed by atoms with E-state index in [4.69, 9.17) is 26.2 Å². The molecular formula is C22H24ClN3O2. The van der Waals surface area contributed by atoms with Gasteiger partial charge in [0.2, 0.25) is 0 Å². The zero-order valence-electron chi connectivity index (χ0n) is 16.4. The van der Waals surface area contributed by atoms with E-state index >= 15 is 0 Å². The number of para-hydroxylation sites is 1. The van der Waals surface area contributed by atoms with Crippen molar-refractivity contribution in [1.29, 1.82) is 0 Å². The van der Waals surface area contributed by atoms with Gasteiger partial charge in [-0.05, 0) is 56.0 Å². The lowest BCUT2D eigenvalue weighted by Gasteiger charge is -2.12. The van der Waals surface area contributed by atoms with Gasteiger partial charge >= 0.3 is 0 Å². The summed E-state index contributed by atoms with van der Waals surface area (Å²) in [6.07, 6.45) is 3.19. The molecule has 1 aromatic heterocycles.